The molecule has 0 spiro atoms. The molecule has 0 aromatic rings. The molecule has 2 nitrogen and oxygen atoms in total. The van der Waals surface area contributed by atoms with Crippen LogP contribution < -0.4 is 0 Å². The number of hydrogen-bond donors (Lipinski definition) is 0. The minimum atomic E-state index is 0.0173. The SMILES string of the molecule is O=C(N(CCCl)C1CCCC1)C12CC3CC(CC(C3)C1)C2. The molecule has 5 rings (SSSR count). The Kier molecular flexibility index (Phi) is 3.72. The van der Waals surface area contributed by atoms with Crippen LogP contribution in [0.25, 0.3) is 0 Å². The molecule has 4 bridgehead atoms. The Morgan fingerprint density at radius 3 is 2.00 bits per heavy atom. The van der Waals surface area contributed by atoms with Gasteiger partial charge in [0, 0.05) is 18.5 Å². The maximum atomic E-state index is 13.4. The molecule has 21 heavy (non-hydrogen) atoms. The monoisotopic (exact) mass is 309 g/mol. The number of hydrogen-bond acceptors (Lipinski definition) is 1. The summed E-state index contributed by atoms with van der Waals surface area (Å²) in [5, 5.41) is 0. The van der Waals surface area contributed by atoms with Gasteiger partial charge in [0.15, 0.2) is 0 Å². The molecular weight excluding hydrogens is 282 g/mol. The van der Waals surface area contributed by atoms with Crippen molar-refractivity contribution in [3.8, 4) is 0 Å². The predicted molar refractivity (Wildman–Crippen MR) is 85.3 cm³/mol. The van der Waals surface area contributed by atoms with Gasteiger partial charge in [0.25, 0.3) is 0 Å². The number of amides is 1. The Balaban J connectivity index is 1.57. The van der Waals surface area contributed by atoms with Crippen molar-refractivity contribution in [2.45, 2.75) is 70.3 Å². The number of carbonyl (C=O) groups excluding carboxylic acids is 1. The predicted octanol–water partition coefficient (Wildman–Crippen LogP) is 4.21. The van der Waals surface area contributed by atoms with Gasteiger partial charge in [-0.25, -0.2) is 0 Å². The number of rotatable bonds is 4. The summed E-state index contributed by atoms with van der Waals surface area (Å²) in [5.74, 6) is 3.63. The zero-order valence-corrected chi connectivity index (χ0v) is 13.8. The van der Waals surface area contributed by atoms with Crippen LogP contribution in [0.3, 0.4) is 0 Å². The maximum Gasteiger partial charge on any atom is 0.229 e. The van der Waals surface area contributed by atoms with Gasteiger partial charge in [-0.2, -0.15) is 0 Å². The Labute approximate surface area is 133 Å². The van der Waals surface area contributed by atoms with Crippen LogP contribution >= 0.6 is 11.6 Å². The van der Waals surface area contributed by atoms with E-state index in [1.165, 1.54) is 64.2 Å². The molecule has 0 atom stereocenters. The van der Waals surface area contributed by atoms with E-state index < -0.39 is 0 Å². The molecule has 0 unspecified atom stereocenters. The minimum Gasteiger partial charge on any atom is -0.338 e. The Hall–Kier alpha value is -0.240. The van der Waals surface area contributed by atoms with E-state index in [2.05, 4.69) is 4.90 Å². The van der Waals surface area contributed by atoms with E-state index in [4.69, 9.17) is 11.6 Å². The van der Waals surface area contributed by atoms with Gasteiger partial charge in [-0.05, 0) is 69.1 Å². The van der Waals surface area contributed by atoms with Crippen molar-refractivity contribution in [1.29, 1.82) is 0 Å². The molecular formula is C18H28ClNO. The lowest BCUT2D eigenvalue weighted by Gasteiger charge is -2.57. The Morgan fingerprint density at radius 2 is 1.52 bits per heavy atom. The summed E-state index contributed by atoms with van der Waals surface area (Å²) in [6.07, 6.45) is 12.8. The van der Waals surface area contributed by atoms with Crippen molar-refractivity contribution < 1.29 is 4.79 Å². The molecule has 5 saturated carbocycles. The molecule has 5 fully saturated rings. The molecule has 5 aliphatic carbocycles. The first-order valence-electron chi connectivity index (χ1n) is 9.07. The van der Waals surface area contributed by atoms with Crippen LogP contribution in [0, 0.1) is 23.2 Å². The quantitative estimate of drug-likeness (QED) is 0.712. The first kappa shape index (κ1) is 14.4. The van der Waals surface area contributed by atoms with Gasteiger partial charge in [-0.3, -0.25) is 4.79 Å². The summed E-state index contributed by atoms with van der Waals surface area (Å²) >= 11 is 6.03. The fourth-order valence-corrected chi connectivity index (χ4v) is 6.62. The van der Waals surface area contributed by atoms with Crippen molar-refractivity contribution in [3.05, 3.63) is 0 Å². The second kappa shape index (κ2) is 5.44. The zero-order chi connectivity index (χ0) is 14.4. The molecule has 1 amide bonds. The lowest BCUT2D eigenvalue weighted by Crippen LogP contribution is -2.56. The Morgan fingerprint density at radius 1 is 1.00 bits per heavy atom. The van der Waals surface area contributed by atoms with E-state index in [1.807, 2.05) is 0 Å². The average Bonchev–Trinajstić information content (AvgIpc) is 2.96. The molecule has 0 radical (unpaired) electrons. The number of halogens is 1. The zero-order valence-electron chi connectivity index (χ0n) is 13.0. The number of nitrogens with zero attached hydrogens (tertiary/aromatic N) is 1. The smallest absolute Gasteiger partial charge is 0.229 e. The van der Waals surface area contributed by atoms with Gasteiger partial charge < -0.3 is 4.90 Å². The van der Waals surface area contributed by atoms with Gasteiger partial charge in [-0.1, -0.05) is 12.8 Å². The topological polar surface area (TPSA) is 20.3 Å². The third-order valence-corrected chi connectivity index (χ3v) is 7.01. The molecule has 0 heterocycles. The lowest BCUT2D eigenvalue weighted by molar-refractivity contribution is -0.159. The van der Waals surface area contributed by atoms with Crippen LogP contribution in [0.15, 0.2) is 0 Å². The molecule has 0 N–H and O–H groups in total. The molecule has 0 saturated heterocycles. The second-order valence-corrected chi connectivity index (χ2v) is 8.70. The normalized spacial score (nSPS) is 41.7. The van der Waals surface area contributed by atoms with Crippen LogP contribution in [0.2, 0.25) is 0 Å². The average molecular weight is 310 g/mol. The molecule has 3 heteroatoms. The van der Waals surface area contributed by atoms with Crippen LogP contribution in [-0.4, -0.2) is 29.3 Å². The lowest BCUT2D eigenvalue weighted by atomic mass is 9.49. The molecule has 0 aliphatic heterocycles. The van der Waals surface area contributed by atoms with Crippen molar-refractivity contribution in [3.63, 3.8) is 0 Å². The standard InChI is InChI=1S/C18H28ClNO/c19-5-6-20(16-3-1-2-4-16)17(21)18-10-13-7-14(11-18)9-15(8-13)12-18/h13-16H,1-12H2. The van der Waals surface area contributed by atoms with Gasteiger partial charge in [0.05, 0.1) is 5.41 Å². The minimum absolute atomic E-state index is 0.0173. The first-order valence-corrected chi connectivity index (χ1v) is 9.61. The van der Waals surface area contributed by atoms with Gasteiger partial charge in [0.2, 0.25) is 5.91 Å². The maximum absolute atomic E-state index is 13.4. The van der Waals surface area contributed by atoms with E-state index >= 15 is 0 Å². The van der Waals surface area contributed by atoms with E-state index in [1.54, 1.807) is 0 Å². The highest BCUT2D eigenvalue weighted by Crippen LogP contribution is 2.60. The van der Waals surface area contributed by atoms with Crippen LogP contribution in [0.4, 0.5) is 0 Å². The van der Waals surface area contributed by atoms with Crippen LogP contribution in [0.1, 0.15) is 64.2 Å². The molecule has 118 valence electrons. The molecule has 5 aliphatic rings. The third kappa shape index (κ3) is 2.42. The van der Waals surface area contributed by atoms with E-state index in [-0.39, 0.29) is 5.41 Å². The van der Waals surface area contributed by atoms with Crippen LogP contribution in [0.5, 0.6) is 0 Å². The highest BCUT2D eigenvalue weighted by atomic mass is 35.5. The fourth-order valence-electron chi connectivity index (χ4n) is 6.43. The Bertz CT molecular complexity index is 380. The van der Waals surface area contributed by atoms with Crippen LogP contribution in [-0.2, 0) is 4.79 Å². The molecule has 0 aromatic heterocycles. The van der Waals surface area contributed by atoms with E-state index in [0.717, 1.165) is 24.3 Å². The van der Waals surface area contributed by atoms with Crippen molar-refractivity contribution in [2.24, 2.45) is 23.2 Å². The molecule has 0 aromatic carbocycles. The number of carbonyl (C=O) groups is 1. The van der Waals surface area contributed by atoms with E-state index in [0.29, 0.717) is 17.8 Å². The van der Waals surface area contributed by atoms with Crippen molar-refractivity contribution in [1.82, 2.24) is 4.90 Å². The van der Waals surface area contributed by atoms with E-state index in [9.17, 15) is 4.79 Å². The summed E-state index contributed by atoms with van der Waals surface area (Å²) in [6, 6.07) is 0.490. The summed E-state index contributed by atoms with van der Waals surface area (Å²) in [7, 11) is 0. The number of alkyl halides is 1. The van der Waals surface area contributed by atoms with Crippen molar-refractivity contribution in [2.75, 3.05) is 12.4 Å². The largest absolute Gasteiger partial charge is 0.338 e. The highest BCUT2D eigenvalue weighted by molar-refractivity contribution is 6.18. The second-order valence-electron chi connectivity index (χ2n) is 8.32. The van der Waals surface area contributed by atoms with Gasteiger partial charge >= 0.3 is 0 Å². The van der Waals surface area contributed by atoms with Crippen molar-refractivity contribution >= 4 is 17.5 Å². The van der Waals surface area contributed by atoms with Gasteiger partial charge in [0.1, 0.15) is 0 Å². The third-order valence-electron chi connectivity index (χ3n) is 6.84. The van der Waals surface area contributed by atoms with Gasteiger partial charge in [-0.15, -0.1) is 11.6 Å². The summed E-state index contributed by atoms with van der Waals surface area (Å²) in [6.45, 7) is 0.771. The summed E-state index contributed by atoms with van der Waals surface area (Å²) in [4.78, 5) is 15.7. The fraction of sp³-hybridized carbons (Fsp3) is 0.944. The summed E-state index contributed by atoms with van der Waals surface area (Å²) < 4.78 is 0. The first-order chi connectivity index (χ1) is 10.2. The summed E-state index contributed by atoms with van der Waals surface area (Å²) in [5.41, 5.74) is 0.0173. The highest BCUT2D eigenvalue weighted by Gasteiger charge is 2.56.